The molecule has 0 radical (unpaired) electrons. The van der Waals surface area contributed by atoms with Crippen LogP contribution in [0.4, 0.5) is 5.69 Å². The third-order valence-electron chi connectivity index (χ3n) is 7.91. The van der Waals surface area contributed by atoms with Crippen molar-refractivity contribution in [1.29, 1.82) is 0 Å². The standard InChI is InChI=1S/C31H46N10O13/c32-23(13-21-1-3-22(4-2-21)41(53)54)31(52)36-26(44)16-34-24(42)14-33-25(43)15-35-27(45)17-37-5-7-38(18-28(46)47)9-11-40(20-30(50)51)12-10-39(8-6-37)19-29(48)49/h1-4,23H,5-20,32H2,(H,33,43)(H,34,42)(H,35,45)(H,46,47)(H,48,49)(H,50,51)(H,36,44,52)/t23-/m0/s1. The van der Waals surface area contributed by atoms with Crippen LogP contribution < -0.4 is 27.0 Å². The second-order valence-corrected chi connectivity index (χ2v) is 12.3. The van der Waals surface area contributed by atoms with Crippen molar-refractivity contribution in [1.82, 2.24) is 40.9 Å². The van der Waals surface area contributed by atoms with Crippen LogP contribution in [0.2, 0.25) is 0 Å². The second-order valence-electron chi connectivity index (χ2n) is 12.3. The van der Waals surface area contributed by atoms with E-state index in [1.165, 1.54) is 24.3 Å². The van der Waals surface area contributed by atoms with Crippen LogP contribution in [0.5, 0.6) is 0 Å². The number of imide groups is 1. The molecule has 0 aliphatic carbocycles. The molecule has 1 aromatic carbocycles. The number of nitrogens with one attached hydrogen (secondary N) is 4. The van der Waals surface area contributed by atoms with Crippen molar-refractivity contribution in [3.05, 3.63) is 39.9 Å². The molecule has 1 atom stereocenters. The van der Waals surface area contributed by atoms with Gasteiger partial charge in [-0.25, -0.2) is 0 Å². The number of non-ortho nitro benzene ring substituents is 1. The maximum Gasteiger partial charge on any atom is 0.317 e. The number of hydrogen-bond acceptors (Lipinski definition) is 15. The van der Waals surface area contributed by atoms with Gasteiger partial charge in [0.15, 0.2) is 0 Å². The van der Waals surface area contributed by atoms with Crippen molar-refractivity contribution >= 4 is 53.1 Å². The molecular formula is C31H46N10O13. The number of carboxylic acids is 3. The molecule has 0 unspecified atom stereocenters. The Kier molecular flexibility index (Phi) is 19.1. The van der Waals surface area contributed by atoms with E-state index < -0.39 is 78.0 Å². The summed E-state index contributed by atoms with van der Waals surface area (Å²) in [7, 11) is 0. The fourth-order valence-corrected chi connectivity index (χ4v) is 5.08. The smallest absolute Gasteiger partial charge is 0.317 e. The first kappa shape index (κ1) is 44.5. The molecule has 298 valence electrons. The van der Waals surface area contributed by atoms with Crippen LogP contribution in [0.25, 0.3) is 0 Å². The zero-order valence-electron chi connectivity index (χ0n) is 29.4. The number of rotatable bonds is 18. The number of carbonyl (C=O) groups excluding carboxylic acids is 5. The lowest BCUT2D eigenvalue weighted by Gasteiger charge is -2.32. The molecule has 1 fully saturated rings. The summed E-state index contributed by atoms with van der Waals surface area (Å²) < 4.78 is 0. The highest BCUT2D eigenvalue weighted by Gasteiger charge is 2.22. The Morgan fingerprint density at radius 2 is 0.963 bits per heavy atom. The normalized spacial score (nSPS) is 15.7. The van der Waals surface area contributed by atoms with Crippen molar-refractivity contribution in [2.24, 2.45) is 5.73 Å². The lowest BCUT2D eigenvalue weighted by Crippen LogP contribution is -2.50. The van der Waals surface area contributed by atoms with E-state index >= 15 is 0 Å². The Hall–Kier alpha value is -5.62. The molecule has 5 amide bonds. The summed E-state index contributed by atoms with van der Waals surface area (Å²) in [4.78, 5) is 112. The molecule has 0 spiro atoms. The SMILES string of the molecule is N[C@@H](Cc1ccc([N+](=O)[O-])cc1)C(=O)NC(=O)CNC(=O)CNC(=O)CNC(=O)CN1CCN(CC(=O)O)CCN(CC(=O)O)CCN(CC(=O)O)CC1. The second kappa shape index (κ2) is 23.1. The summed E-state index contributed by atoms with van der Waals surface area (Å²) >= 11 is 0. The Morgan fingerprint density at radius 3 is 1.33 bits per heavy atom. The summed E-state index contributed by atoms with van der Waals surface area (Å²) in [6, 6.07) is 4.18. The van der Waals surface area contributed by atoms with Gasteiger partial charge >= 0.3 is 17.9 Å². The third kappa shape index (κ3) is 18.7. The van der Waals surface area contributed by atoms with Gasteiger partial charge in [-0.05, 0) is 12.0 Å². The van der Waals surface area contributed by atoms with Crippen molar-refractivity contribution in [2.45, 2.75) is 12.5 Å². The van der Waals surface area contributed by atoms with Crippen molar-refractivity contribution < 1.29 is 58.6 Å². The number of aliphatic carboxylic acids is 3. The Morgan fingerprint density at radius 1 is 0.611 bits per heavy atom. The fourth-order valence-electron chi connectivity index (χ4n) is 5.08. The Bertz CT molecular complexity index is 1480. The molecule has 1 aromatic rings. The molecule has 23 nitrogen and oxygen atoms in total. The summed E-state index contributed by atoms with van der Waals surface area (Å²) in [5, 5.41) is 47.7. The molecule has 54 heavy (non-hydrogen) atoms. The van der Waals surface area contributed by atoms with Crippen LogP contribution in [-0.2, 0) is 44.8 Å². The number of nitro benzene ring substituents is 1. The molecule has 1 heterocycles. The highest BCUT2D eigenvalue weighted by atomic mass is 16.6. The minimum Gasteiger partial charge on any atom is -0.480 e. The number of nitro groups is 1. The maximum absolute atomic E-state index is 12.8. The van der Waals surface area contributed by atoms with E-state index in [0.29, 0.717) is 5.56 Å². The van der Waals surface area contributed by atoms with Crippen LogP contribution in [0.3, 0.4) is 0 Å². The van der Waals surface area contributed by atoms with Crippen LogP contribution in [0.1, 0.15) is 5.56 Å². The van der Waals surface area contributed by atoms with Gasteiger partial charge in [0.05, 0.1) is 56.8 Å². The van der Waals surface area contributed by atoms with Gasteiger partial charge in [0.1, 0.15) is 0 Å². The Labute approximate surface area is 308 Å². The zero-order chi connectivity index (χ0) is 40.2. The van der Waals surface area contributed by atoms with E-state index in [1.807, 2.05) is 5.32 Å². The van der Waals surface area contributed by atoms with Gasteiger partial charge in [-0.3, -0.25) is 73.4 Å². The molecule has 1 aliphatic rings. The summed E-state index contributed by atoms with van der Waals surface area (Å²) in [5.41, 5.74) is 6.18. The average Bonchev–Trinajstić information content (AvgIpc) is 3.09. The highest BCUT2D eigenvalue weighted by Crippen LogP contribution is 2.13. The summed E-state index contributed by atoms with van der Waals surface area (Å²) in [6.45, 7) is -1.30. The lowest BCUT2D eigenvalue weighted by atomic mass is 10.1. The Balaban J connectivity index is 1.80. The number of carbonyl (C=O) groups is 8. The molecule has 9 N–H and O–H groups in total. The van der Waals surface area contributed by atoms with E-state index in [-0.39, 0.29) is 90.6 Å². The highest BCUT2D eigenvalue weighted by molar-refractivity contribution is 5.99. The number of nitrogens with zero attached hydrogens (tertiary/aromatic N) is 5. The van der Waals surface area contributed by atoms with E-state index in [2.05, 4.69) is 16.0 Å². The van der Waals surface area contributed by atoms with Gasteiger partial charge in [0.25, 0.3) is 5.69 Å². The van der Waals surface area contributed by atoms with E-state index in [1.54, 1.807) is 19.6 Å². The largest absolute Gasteiger partial charge is 0.480 e. The number of amides is 5. The third-order valence-corrected chi connectivity index (χ3v) is 7.91. The fraction of sp³-hybridized carbons (Fsp3) is 0.548. The number of nitrogens with two attached hydrogens (primary N) is 1. The van der Waals surface area contributed by atoms with Gasteiger partial charge in [0, 0.05) is 64.5 Å². The van der Waals surface area contributed by atoms with Crippen LogP contribution in [0, 0.1) is 10.1 Å². The van der Waals surface area contributed by atoms with Gasteiger partial charge < -0.3 is 37.0 Å². The van der Waals surface area contributed by atoms with Gasteiger partial charge in [-0.2, -0.15) is 0 Å². The monoisotopic (exact) mass is 766 g/mol. The summed E-state index contributed by atoms with van der Waals surface area (Å²) in [5.74, 6) is -7.11. The number of hydrogen-bond donors (Lipinski definition) is 8. The van der Waals surface area contributed by atoms with E-state index in [4.69, 9.17) is 5.73 Å². The predicted molar refractivity (Wildman–Crippen MR) is 186 cm³/mol. The molecule has 0 aromatic heterocycles. The van der Waals surface area contributed by atoms with Gasteiger partial charge in [-0.15, -0.1) is 0 Å². The van der Waals surface area contributed by atoms with Crippen LogP contribution in [-0.4, -0.2) is 191 Å². The van der Waals surface area contributed by atoms with E-state index in [9.17, 15) is 63.8 Å². The van der Waals surface area contributed by atoms with Crippen molar-refractivity contribution in [3.8, 4) is 0 Å². The van der Waals surface area contributed by atoms with Crippen molar-refractivity contribution in [2.75, 3.05) is 98.2 Å². The molecule has 0 bridgehead atoms. The first-order valence-electron chi connectivity index (χ1n) is 16.7. The molecule has 2 rings (SSSR count). The number of benzene rings is 1. The molecule has 1 aliphatic heterocycles. The van der Waals surface area contributed by atoms with Crippen LogP contribution in [0.15, 0.2) is 24.3 Å². The summed E-state index contributed by atoms with van der Waals surface area (Å²) in [6.07, 6.45) is -0.0165. The van der Waals surface area contributed by atoms with Crippen LogP contribution >= 0.6 is 0 Å². The average molecular weight is 767 g/mol. The zero-order valence-corrected chi connectivity index (χ0v) is 29.4. The first-order chi connectivity index (χ1) is 25.5. The molecule has 0 saturated carbocycles. The lowest BCUT2D eigenvalue weighted by molar-refractivity contribution is -0.384. The molecule has 23 heteroatoms. The minimum absolute atomic E-state index is 0.0165. The van der Waals surface area contributed by atoms with Gasteiger partial charge in [-0.1, -0.05) is 12.1 Å². The topological polar surface area (TPSA) is 327 Å². The first-order valence-corrected chi connectivity index (χ1v) is 16.7. The quantitative estimate of drug-likeness (QED) is 0.0512. The predicted octanol–water partition coefficient (Wildman–Crippen LogP) is -5.07. The van der Waals surface area contributed by atoms with Gasteiger partial charge in [0.2, 0.25) is 29.5 Å². The minimum atomic E-state index is -1.16. The van der Waals surface area contributed by atoms with E-state index in [0.717, 1.165) is 0 Å². The van der Waals surface area contributed by atoms with Crippen molar-refractivity contribution in [3.63, 3.8) is 0 Å². The molecular weight excluding hydrogens is 720 g/mol. The molecule has 1 saturated heterocycles. The maximum atomic E-state index is 12.8. The number of carboxylic acid groups (broad SMARTS) is 3.